The molecule has 23 heavy (non-hydrogen) atoms. The van der Waals surface area contributed by atoms with Crippen LogP contribution in [-0.2, 0) is 0 Å². The van der Waals surface area contributed by atoms with Crippen molar-refractivity contribution in [1.82, 2.24) is 15.0 Å². The molecule has 0 unspecified atom stereocenters. The number of nitrogens with one attached hydrogen (secondary N) is 1. The fourth-order valence-electron chi connectivity index (χ4n) is 3.07. The summed E-state index contributed by atoms with van der Waals surface area (Å²) in [6.45, 7) is 8.07. The van der Waals surface area contributed by atoms with Gasteiger partial charge >= 0.3 is 0 Å². The number of aryl methyl sites for hydroxylation is 2. The van der Waals surface area contributed by atoms with Crippen molar-refractivity contribution in [2.75, 3.05) is 31.5 Å². The van der Waals surface area contributed by atoms with Gasteiger partial charge in [-0.25, -0.2) is 4.98 Å². The van der Waals surface area contributed by atoms with E-state index in [9.17, 15) is 5.21 Å². The Kier molecular flexibility index (Phi) is 4.91. The second kappa shape index (κ2) is 7.08. The van der Waals surface area contributed by atoms with Crippen LogP contribution in [0.25, 0.3) is 11.0 Å². The van der Waals surface area contributed by atoms with E-state index in [1.54, 1.807) is 0 Å². The molecule has 0 radical (unpaired) electrons. The highest BCUT2D eigenvalue weighted by Gasteiger charge is 2.13. The summed E-state index contributed by atoms with van der Waals surface area (Å²) in [6.07, 6.45) is 5.25. The molecule has 1 saturated heterocycles. The maximum atomic E-state index is 12.1. The van der Waals surface area contributed by atoms with E-state index in [0.717, 1.165) is 24.2 Å². The number of hydrogen-bond donors (Lipinski definition) is 1. The van der Waals surface area contributed by atoms with E-state index in [4.69, 9.17) is 0 Å². The molecule has 1 fully saturated rings. The molecule has 124 valence electrons. The van der Waals surface area contributed by atoms with Gasteiger partial charge in [0.05, 0.1) is 5.10 Å². The molecule has 6 heteroatoms. The number of nitrogens with zero attached hydrogens (tertiary/aromatic N) is 4. The molecule has 2 aromatic rings. The normalized spacial score (nSPS) is 16.4. The molecular formula is C17H25N5O. The topological polar surface area (TPSA) is 68.0 Å². The van der Waals surface area contributed by atoms with Crippen LogP contribution >= 0.6 is 0 Å². The third-order valence-electron chi connectivity index (χ3n) is 4.62. The average molecular weight is 315 g/mol. The van der Waals surface area contributed by atoms with E-state index in [-0.39, 0.29) is 0 Å². The summed E-state index contributed by atoms with van der Waals surface area (Å²) in [5.41, 5.74) is 3.42. The molecule has 1 aliphatic rings. The molecule has 1 N–H and O–H groups in total. The Bertz CT molecular complexity index is 680. The minimum atomic E-state index is 0.408. The third kappa shape index (κ3) is 3.88. The van der Waals surface area contributed by atoms with Gasteiger partial charge in [0.15, 0.2) is 0 Å². The summed E-state index contributed by atoms with van der Waals surface area (Å²) in [6, 6.07) is 3.79. The molecule has 6 nitrogen and oxygen atoms in total. The largest absolute Gasteiger partial charge is 0.594 e. The lowest BCUT2D eigenvalue weighted by atomic mass is 10.1. The summed E-state index contributed by atoms with van der Waals surface area (Å²) in [5, 5.41) is 19.3. The zero-order valence-corrected chi connectivity index (χ0v) is 14.0. The Hall–Kier alpha value is -1.95. The van der Waals surface area contributed by atoms with Crippen molar-refractivity contribution in [2.24, 2.45) is 0 Å². The van der Waals surface area contributed by atoms with Crippen molar-refractivity contribution in [3.05, 3.63) is 28.5 Å². The van der Waals surface area contributed by atoms with Crippen molar-refractivity contribution in [2.45, 2.75) is 39.5 Å². The monoisotopic (exact) mass is 315 g/mol. The molecule has 1 aromatic carbocycles. The molecule has 1 aliphatic heterocycles. The third-order valence-corrected chi connectivity index (χ3v) is 4.62. The Labute approximate surface area is 137 Å². The van der Waals surface area contributed by atoms with Gasteiger partial charge in [-0.3, -0.25) is 0 Å². The van der Waals surface area contributed by atoms with Crippen molar-refractivity contribution >= 4 is 17.0 Å². The van der Waals surface area contributed by atoms with Gasteiger partial charge in [-0.2, -0.15) is 0 Å². The average Bonchev–Trinajstić information content (AvgIpc) is 2.78. The zero-order valence-electron chi connectivity index (χ0n) is 14.0. The van der Waals surface area contributed by atoms with Gasteiger partial charge in [0.25, 0.3) is 11.5 Å². The number of fused-ring (bicyclic) bond motifs is 1. The quantitative estimate of drug-likeness (QED) is 0.692. The fourth-order valence-corrected chi connectivity index (χ4v) is 3.07. The number of benzene rings is 1. The van der Waals surface area contributed by atoms with Gasteiger partial charge in [0, 0.05) is 19.2 Å². The molecule has 0 spiro atoms. The Morgan fingerprint density at radius 3 is 2.57 bits per heavy atom. The highest BCUT2D eigenvalue weighted by atomic mass is 16.5. The lowest BCUT2D eigenvalue weighted by molar-refractivity contribution is -0.641. The van der Waals surface area contributed by atoms with Gasteiger partial charge in [-0.1, -0.05) is 12.8 Å². The second-order valence-corrected chi connectivity index (χ2v) is 6.42. The first-order chi connectivity index (χ1) is 11.1. The Morgan fingerprint density at radius 1 is 1.13 bits per heavy atom. The molecular weight excluding hydrogens is 290 g/mol. The lowest BCUT2D eigenvalue weighted by Gasteiger charge is -2.19. The van der Waals surface area contributed by atoms with Crippen LogP contribution in [0, 0.1) is 19.1 Å². The van der Waals surface area contributed by atoms with Crippen LogP contribution in [0.2, 0.25) is 0 Å². The maximum Gasteiger partial charge on any atom is 0.290 e. The molecule has 0 amide bonds. The van der Waals surface area contributed by atoms with Gasteiger partial charge < -0.3 is 15.4 Å². The smallest absolute Gasteiger partial charge is 0.290 e. The van der Waals surface area contributed by atoms with Crippen LogP contribution in [0.3, 0.4) is 0 Å². The zero-order chi connectivity index (χ0) is 16.2. The number of rotatable bonds is 4. The van der Waals surface area contributed by atoms with Gasteiger partial charge in [-0.05, 0) is 61.8 Å². The molecule has 3 rings (SSSR count). The van der Waals surface area contributed by atoms with Gasteiger partial charge in [0.2, 0.25) is 0 Å². The molecule has 0 bridgehead atoms. The first kappa shape index (κ1) is 15.9. The number of hydrogen-bond acceptors (Lipinski definition) is 5. The van der Waals surface area contributed by atoms with E-state index >= 15 is 0 Å². The highest BCUT2D eigenvalue weighted by Crippen LogP contribution is 2.15. The molecule has 0 saturated carbocycles. The van der Waals surface area contributed by atoms with Crippen LogP contribution in [0.5, 0.6) is 0 Å². The van der Waals surface area contributed by atoms with E-state index < -0.39 is 0 Å². The summed E-state index contributed by atoms with van der Waals surface area (Å²) < 4.78 is 0. The fraction of sp³-hybridized carbons (Fsp3) is 0.588. The van der Waals surface area contributed by atoms with Crippen molar-refractivity contribution in [3.63, 3.8) is 0 Å². The first-order valence-corrected chi connectivity index (χ1v) is 8.48. The number of likely N-dealkylation sites (tertiary alicyclic amines) is 1. The van der Waals surface area contributed by atoms with Crippen LogP contribution in [-0.4, -0.2) is 41.2 Å². The summed E-state index contributed by atoms with van der Waals surface area (Å²) in [4.78, 5) is 7.62. The standard InChI is InChI=1S/C17H25N5O/c1-13-11-15-16(12-14(13)2)22(23)20-17(19-15)18-7-10-21-8-5-3-4-6-9-21/h11-12H,3-10H2,1-2H3,(H,18,19,20). The van der Waals surface area contributed by atoms with Gasteiger partial charge in [0.1, 0.15) is 5.52 Å². The lowest BCUT2D eigenvalue weighted by Crippen LogP contribution is -2.35. The minimum absolute atomic E-state index is 0.408. The Morgan fingerprint density at radius 2 is 1.83 bits per heavy atom. The van der Waals surface area contributed by atoms with Crippen molar-refractivity contribution in [1.29, 1.82) is 0 Å². The van der Waals surface area contributed by atoms with Crippen LogP contribution in [0.15, 0.2) is 12.1 Å². The summed E-state index contributed by atoms with van der Waals surface area (Å²) in [7, 11) is 0. The molecule has 1 aromatic heterocycles. The van der Waals surface area contributed by atoms with E-state index in [1.807, 2.05) is 26.0 Å². The van der Waals surface area contributed by atoms with Crippen LogP contribution in [0.1, 0.15) is 36.8 Å². The molecule has 2 heterocycles. The predicted molar refractivity (Wildman–Crippen MR) is 91.4 cm³/mol. The van der Waals surface area contributed by atoms with Crippen molar-refractivity contribution < 1.29 is 4.85 Å². The second-order valence-electron chi connectivity index (χ2n) is 6.42. The predicted octanol–water partition coefficient (Wildman–Crippen LogP) is 2.17. The first-order valence-electron chi connectivity index (χ1n) is 8.48. The van der Waals surface area contributed by atoms with Crippen molar-refractivity contribution in [3.8, 4) is 0 Å². The van der Waals surface area contributed by atoms with E-state index in [1.165, 1.54) is 38.8 Å². The summed E-state index contributed by atoms with van der Waals surface area (Å²) >= 11 is 0. The highest BCUT2D eigenvalue weighted by molar-refractivity contribution is 5.73. The number of anilines is 1. The minimum Gasteiger partial charge on any atom is -0.594 e. The van der Waals surface area contributed by atoms with E-state index in [0.29, 0.717) is 21.8 Å². The summed E-state index contributed by atoms with van der Waals surface area (Å²) in [5.74, 6) is 0.408. The number of aromatic nitrogens is 3. The maximum absolute atomic E-state index is 12.1. The molecule has 0 atom stereocenters. The van der Waals surface area contributed by atoms with E-state index in [2.05, 4.69) is 20.3 Å². The SMILES string of the molecule is Cc1cc2nc(NCCN3CCCCCC3)n[n+]([O-])c2cc1C. The molecule has 0 aliphatic carbocycles. The Balaban J connectivity index is 1.67. The van der Waals surface area contributed by atoms with Crippen LogP contribution in [0.4, 0.5) is 5.95 Å². The van der Waals surface area contributed by atoms with Gasteiger partial charge in [-0.15, -0.1) is 0 Å². The van der Waals surface area contributed by atoms with Crippen LogP contribution < -0.4 is 10.2 Å².